The molecule has 1 N–H and O–H groups in total. The lowest BCUT2D eigenvalue weighted by Gasteiger charge is -2.43. The van der Waals surface area contributed by atoms with E-state index in [0.29, 0.717) is 18.8 Å². The van der Waals surface area contributed by atoms with Crippen LogP contribution in [0, 0.1) is 0 Å². The second-order valence-electron chi connectivity index (χ2n) is 9.55. The minimum absolute atomic E-state index is 0.0676. The van der Waals surface area contributed by atoms with E-state index in [4.69, 9.17) is 9.84 Å². The van der Waals surface area contributed by atoms with E-state index in [0.717, 1.165) is 49.1 Å². The third kappa shape index (κ3) is 4.77. The molecule has 178 valence electrons. The Balaban J connectivity index is 1.60. The molecule has 0 spiro atoms. The van der Waals surface area contributed by atoms with Crippen molar-refractivity contribution in [2.45, 2.75) is 83.3 Å². The van der Waals surface area contributed by atoms with Gasteiger partial charge in [-0.3, -0.25) is 14.3 Å². The van der Waals surface area contributed by atoms with Gasteiger partial charge in [-0.2, -0.15) is 5.10 Å². The SMILES string of the molecule is CCCN1C(=O)c2cc(-c3ccc(OC)cc3)nn2C[C@@]1(C)C(=O)NC1CCCCCCC1. The topological polar surface area (TPSA) is 76.5 Å². The summed E-state index contributed by atoms with van der Waals surface area (Å²) in [5.74, 6) is 0.569. The highest BCUT2D eigenvalue weighted by atomic mass is 16.5. The average Bonchev–Trinajstić information content (AvgIpc) is 3.22. The van der Waals surface area contributed by atoms with Gasteiger partial charge in [-0.15, -0.1) is 0 Å². The van der Waals surface area contributed by atoms with Gasteiger partial charge in [-0.1, -0.05) is 39.0 Å². The van der Waals surface area contributed by atoms with E-state index in [1.54, 1.807) is 16.7 Å². The summed E-state index contributed by atoms with van der Waals surface area (Å²) in [6.45, 7) is 4.81. The van der Waals surface area contributed by atoms with Crippen molar-refractivity contribution in [3.63, 3.8) is 0 Å². The van der Waals surface area contributed by atoms with Crippen molar-refractivity contribution in [1.29, 1.82) is 0 Å². The zero-order valence-electron chi connectivity index (χ0n) is 20.1. The second kappa shape index (κ2) is 9.98. The smallest absolute Gasteiger partial charge is 0.273 e. The fraction of sp³-hybridized carbons (Fsp3) is 0.577. The number of aromatic nitrogens is 2. The molecule has 33 heavy (non-hydrogen) atoms. The highest BCUT2D eigenvalue weighted by Gasteiger charge is 2.48. The summed E-state index contributed by atoms with van der Waals surface area (Å²) < 4.78 is 6.96. The summed E-state index contributed by atoms with van der Waals surface area (Å²) in [5.41, 5.74) is 1.20. The Kier molecular flexibility index (Phi) is 7.05. The minimum atomic E-state index is -0.967. The normalized spacial score (nSPS) is 21.8. The first kappa shape index (κ1) is 23.3. The summed E-state index contributed by atoms with van der Waals surface area (Å²) in [5, 5.41) is 8.02. The lowest BCUT2D eigenvalue weighted by atomic mass is 9.92. The molecule has 0 unspecified atom stereocenters. The van der Waals surface area contributed by atoms with Gasteiger partial charge in [0.1, 0.15) is 17.0 Å². The molecule has 1 aliphatic carbocycles. The van der Waals surface area contributed by atoms with Crippen LogP contribution in [-0.4, -0.2) is 51.7 Å². The van der Waals surface area contributed by atoms with Crippen molar-refractivity contribution in [2.24, 2.45) is 0 Å². The molecule has 1 fully saturated rings. The van der Waals surface area contributed by atoms with E-state index in [-0.39, 0.29) is 17.9 Å². The van der Waals surface area contributed by atoms with Gasteiger partial charge in [-0.25, -0.2) is 0 Å². The maximum atomic E-state index is 13.6. The molecule has 1 saturated carbocycles. The lowest BCUT2D eigenvalue weighted by molar-refractivity contribution is -0.134. The van der Waals surface area contributed by atoms with Crippen LogP contribution in [-0.2, 0) is 11.3 Å². The molecule has 2 aromatic rings. The number of ether oxygens (including phenoxy) is 1. The van der Waals surface area contributed by atoms with E-state index >= 15 is 0 Å². The first-order valence-corrected chi connectivity index (χ1v) is 12.3. The third-order valence-corrected chi connectivity index (χ3v) is 7.06. The molecular formula is C26H36N4O3. The fourth-order valence-corrected chi connectivity index (χ4v) is 5.06. The maximum Gasteiger partial charge on any atom is 0.273 e. The maximum absolute atomic E-state index is 13.6. The van der Waals surface area contributed by atoms with Gasteiger partial charge >= 0.3 is 0 Å². The van der Waals surface area contributed by atoms with Crippen LogP contribution in [0.5, 0.6) is 5.75 Å². The Morgan fingerprint density at radius 1 is 1.15 bits per heavy atom. The molecule has 7 heteroatoms. The van der Waals surface area contributed by atoms with Crippen molar-refractivity contribution < 1.29 is 14.3 Å². The van der Waals surface area contributed by atoms with Gasteiger partial charge < -0.3 is 15.0 Å². The lowest BCUT2D eigenvalue weighted by Crippen LogP contribution is -2.65. The number of carbonyl (C=O) groups is 2. The van der Waals surface area contributed by atoms with Gasteiger partial charge in [0.15, 0.2) is 0 Å². The van der Waals surface area contributed by atoms with E-state index in [2.05, 4.69) is 5.32 Å². The van der Waals surface area contributed by atoms with Crippen molar-refractivity contribution in [1.82, 2.24) is 20.0 Å². The van der Waals surface area contributed by atoms with Gasteiger partial charge in [0, 0.05) is 18.2 Å². The number of carbonyl (C=O) groups excluding carboxylic acids is 2. The minimum Gasteiger partial charge on any atom is -0.497 e. The summed E-state index contributed by atoms with van der Waals surface area (Å²) in [4.78, 5) is 28.9. The Morgan fingerprint density at radius 3 is 2.45 bits per heavy atom. The van der Waals surface area contributed by atoms with E-state index < -0.39 is 5.54 Å². The van der Waals surface area contributed by atoms with Crippen LogP contribution in [0.2, 0.25) is 0 Å². The number of fused-ring (bicyclic) bond motifs is 1. The quantitative estimate of drug-likeness (QED) is 0.704. The number of rotatable bonds is 6. The number of amides is 2. The average molecular weight is 453 g/mol. The van der Waals surface area contributed by atoms with Gasteiger partial charge in [0.2, 0.25) is 5.91 Å². The van der Waals surface area contributed by atoms with Gasteiger partial charge in [0.25, 0.3) is 5.91 Å². The van der Waals surface area contributed by atoms with Gasteiger partial charge in [0.05, 0.1) is 19.3 Å². The molecule has 1 aromatic carbocycles. The molecule has 4 rings (SSSR count). The number of hydrogen-bond acceptors (Lipinski definition) is 4. The van der Waals surface area contributed by atoms with Crippen LogP contribution >= 0.6 is 0 Å². The summed E-state index contributed by atoms with van der Waals surface area (Å²) >= 11 is 0. The fourth-order valence-electron chi connectivity index (χ4n) is 5.06. The van der Waals surface area contributed by atoms with Gasteiger partial charge in [-0.05, 0) is 56.5 Å². The third-order valence-electron chi connectivity index (χ3n) is 7.06. The van der Waals surface area contributed by atoms with Crippen LogP contribution in [0.4, 0.5) is 0 Å². The molecule has 7 nitrogen and oxygen atoms in total. The molecule has 0 radical (unpaired) electrons. The van der Waals surface area contributed by atoms with E-state index in [9.17, 15) is 9.59 Å². The Hall–Kier alpha value is -2.83. The van der Waals surface area contributed by atoms with E-state index in [1.165, 1.54) is 19.3 Å². The molecule has 1 aliphatic heterocycles. The van der Waals surface area contributed by atoms with Crippen molar-refractivity contribution in [2.75, 3.05) is 13.7 Å². The monoisotopic (exact) mass is 452 g/mol. The summed E-state index contributed by atoms with van der Waals surface area (Å²) in [6, 6.07) is 9.64. The van der Waals surface area contributed by atoms with Crippen LogP contribution in [0.15, 0.2) is 30.3 Å². The number of benzene rings is 1. The van der Waals surface area contributed by atoms with Crippen molar-refractivity contribution in [3.05, 3.63) is 36.0 Å². The summed E-state index contributed by atoms with van der Waals surface area (Å²) in [7, 11) is 1.63. The molecule has 0 bridgehead atoms. The second-order valence-corrected chi connectivity index (χ2v) is 9.55. The van der Waals surface area contributed by atoms with E-state index in [1.807, 2.05) is 44.2 Å². The molecule has 1 atom stereocenters. The predicted molar refractivity (Wildman–Crippen MR) is 128 cm³/mol. The first-order valence-electron chi connectivity index (χ1n) is 12.3. The largest absolute Gasteiger partial charge is 0.497 e. The molecule has 2 aliphatic rings. The molecule has 0 saturated heterocycles. The standard InChI is InChI=1S/C26H36N4O3/c1-4-16-29-24(31)23-17-22(19-12-14-21(33-3)15-13-19)28-30(23)18-26(29,2)25(32)27-20-10-8-6-5-7-9-11-20/h12-15,17,20H,4-11,16,18H2,1-3H3,(H,27,32)/t26-/m0/s1. The van der Waals surface area contributed by atoms with Crippen molar-refractivity contribution in [3.8, 4) is 17.0 Å². The summed E-state index contributed by atoms with van der Waals surface area (Å²) in [6.07, 6.45) is 8.86. The zero-order chi connectivity index (χ0) is 23.4. The highest BCUT2D eigenvalue weighted by Crippen LogP contribution is 2.31. The van der Waals surface area contributed by atoms with Crippen LogP contribution in [0.1, 0.15) is 75.7 Å². The zero-order valence-corrected chi connectivity index (χ0v) is 20.1. The predicted octanol–water partition coefficient (Wildman–Crippen LogP) is 4.41. The number of nitrogens with zero attached hydrogens (tertiary/aromatic N) is 3. The Bertz CT molecular complexity index is 976. The van der Waals surface area contributed by atoms with Crippen molar-refractivity contribution >= 4 is 11.8 Å². The Labute approximate surface area is 196 Å². The molecule has 1 aromatic heterocycles. The van der Waals surface area contributed by atoms with Crippen LogP contribution in [0.25, 0.3) is 11.3 Å². The highest BCUT2D eigenvalue weighted by molar-refractivity contribution is 6.00. The number of hydrogen-bond donors (Lipinski definition) is 1. The molecule has 2 amide bonds. The number of nitrogens with one attached hydrogen (secondary N) is 1. The number of methoxy groups -OCH3 is 1. The molecular weight excluding hydrogens is 416 g/mol. The van der Waals surface area contributed by atoms with Crippen LogP contribution < -0.4 is 10.1 Å². The first-order chi connectivity index (χ1) is 16.0. The van der Waals surface area contributed by atoms with Crippen LogP contribution in [0.3, 0.4) is 0 Å². The Morgan fingerprint density at radius 2 is 1.82 bits per heavy atom. The molecule has 2 heterocycles.